The van der Waals surface area contributed by atoms with E-state index in [1.807, 2.05) is 43.3 Å². The maximum atomic E-state index is 13.1. The number of nitrogens with one attached hydrogen (secondary N) is 2. The molecule has 0 aliphatic rings. The third kappa shape index (κ3) is 7.79. The lowest BCUT2D eigenvalue weighted by molar-refractivity contribution is -0.117. The van der Waals surface area contributed by atoms with Crippen LogP contribution in [0, 0.1) is 0 Å². The molecule has 1 aromatic heterocycles. The van der Waals surface area contributed by atoms with E-state index in [0.29, 0.717) is 29.3 Å². The number of carbonyl (C=O) groups excluding carboxylic acids is 3. The smallest absolute Gasteiger partial charge is 0.338 e. The van der Waals surface area contributed by atoms with Crippen LogP contribution in [0.2, 0.25) is 0 Å². The van der Waals surface area contributed by atoms with E-state index in [1.54, 1.807) is 79.7 Å². The lowest BCUT2D eigenvalue weighted by Gasteiger charge is -2.12. The van der Waals surface area contributed by atoms with Gasteiger partial charge in [-0.2, -0.15) is 5.10 Å². The first-order valence-corrected chi connectivity index (χ1v) is 12.9. The molecule has 0 atom stereocenters. The molecule has 0 saturated carbocycles. The first-order chi connectivity index (χ1) is 19.8. The highest BCUT2D eigenvalue weighted by molar-refractivity contribution is 6.05. The first kappa shape index (κ1) is 28.6. The summed E-state index contributed by atoms with van der Waals surface area (Å²) in [5.74, 6) is -0.465. The summed E-state index contributed by atoms with van der Waals surface area (Å²) in [5, 5.41) is 6.69. The Labute approximate surface area is 238 Å². The zero-order valence-corrected chi connectivity index (χ0v) is 23.0. The molecule has 41 heavy (non-hydrogen) atoms. The van der Waals surface area contributed by atoms with Crippen LogP contribution in [-0.2, 0) is 9.53 Å². The maximum absolute atomic E-state index is 13.1. The molecule has 2 N–H and O–H groups in total. The number of ether oxygens (including phenoxy) is 1. The zero-order chi connectivity index (χ0) is 29.2. The molecule has 0 aliphatic carbocycles. The molecule has 0 spiro atoms. The second-order valence-electron chi connectivity index (χ2n) is 9.06. The Morgan fingerprint density at radius 1 is 0.878 bits per heavy atom. The number of esters is 1. The van der Waals surface area contributed by atoms with Gasteiger partial charge in [0.1, 0.15) is 17.2 Å². The van der Waals surface area contributed by atoms with Gasteiger partial charge in [0.25, 0.3) is 11.8 Å². The number of amides is 2. The maximum Gasteiger partial charge on any atom is 0.338 e. The standard InChI is InChI=1S/C32H30N4O5/c1-4-40-32(39)25-14-12-23(13-15-25)29-19-18-27(41-29)21-33-35-31(38)28(34-30(37)24-8-6-5-7-9-24)20-22-10-16-26(17-11-22)36(2)3/h5-21H,4H2,1-3H3,(H,34,37)(H,35,38). The number of hydrogen-bond acceptors (Lipinski definition) is 7. The fraction of sp³-hybridized carbons (Fsp3) is 0.125. The van der Waals surface area contributed by atoms with Crippen molar-refractivity contribution in [2.45, 2.75) is 6.92 Å². The SMILES string of the molecule is CCOC(=O)c1ccc(-c2ccc(C=NNC(=O)C(=Cc3ccc(N(C)C)cc3)NC(=O)c3ccccc3)o2)cc1. The molecule has 2 amide bonds. The van der Waals surface area contributed by atoms with Gasteiger partial charge in [0.05, 0.1) is 18.4 Å². The second-order valence-corrected chi connectivity index (χ2v) is 9.06. The van der Waals surface area contributed by atoms with Crippen molar-refractivity contribution >= 4 is 35.8 Å². The Hall–Kier alpha value is -5.44. The van der Waals surface area contributed by atoms with Crippen molar-refractivity contribution in [2.24, 2.45) is 5.10 Å². The molecule has 9 heteroatoms. The molecule has 3 aromatic carbocycles. The monoisotopic (exact) mass is 550 g/mol. The third-order valence-electron chi connectivity index (χ3n) is 5.91. The molecule has 1 heterocycles. The predicted molar refractivity (Wildman–Crippen MR) is 158 cm³/mol. The molecule has 208 valence electrons. The summed E-state index contributed by atoms with van der Waals surface area (Å²) in [6.07, 6.45) is 2.94. The molecule has 0 saturated heterocycles. The Morgan fingerprint density at radius 2 is 1.59 bits per heavy atom. The highest BCUT2D eigenvalue weighted by Crippen LogP contribution is 2.22. The number of carbonyl (C=O) groups is 3. The van der Waals surface area contributed by atoms with Gasteiger partial charge in [-0.25, -0.2) is 10.2 Å². The Kier molecular flexibility index (Phi) is 9.45. The molecule has 0 fully saturated rings. The quantitative estimate of drug-likeness (QED) is 0.123. The summed E-state index contributed by atoms with van der Waals surface area (Å²) in [6, 6.07) is 26.4. The minimum absolute atomic E-state index is 0.0235. The number of rotatable bonds is 10. The summed E-state index contributed by atoms with van der Waals surface area (Å²) in [5.41, 5.74) is 5.81. The molecular formula is C32H30N4O5. The molecule has 4 aromatic rings. The van der Waals surface area contributed by atoms with Gasteiger partial charge in [-0.05, 0) is 67.1 Å². The van der Waals surface area contributed by atoms with Crippen molar-refractivity contribution in [3.8, 4) is 11.3 Å². The molecular weight excluding hydrogens is 520 g/mol. The fourth-order valence-corrected chi connectivity index (χ4v) is 3.75. The summed E-state index contributed by atoms with van der Waals surface area (Å²) in [6.45, 7) is 2.06. The van der Waals surface area contributed by atoms with Crippen molar-refractivity contribution in [1.82, 2.24) is 10.7 Å². The van der Waals surface area contributed by atoms with Crippen LogP contribution in [0.15, 0.2) is 106 Å². The Balaban J connectivity index is 1.47. The molecule has 0 radical (unpaired) electrons. The average molecular weight is 551 g/mol. The zero-order valence-electron chi connectivity index (χ0n) is 23.0. The lowest BCUT2D eigenvalue weighted by Crippen LogP contribution is -2.32. The molecule has 0 aliphatic heterocycles. The van der Waals surface area contributed by atoms with Gasteiger partial charge in [0, 0.05) is 30.9 Å². The van der Waals surface area contributed by atoms with Gasteiger partial charge in [-0.1, -0.05) is 42.5 Å². The molecule has 0 unspecified atom stereocenters. The summed E-state index contributed by atoms with van der Waals surface area (Å²) >= 11 is 0. The van der Waals surface area contributed by atoms with Crippen LogP contribution in [0.4, 0.5) is 5.69 Å². The van der Waals surface area contributed by atoms with E-state index in [2.05, 4.69) is 15.8 Å². The second kappa shape index (κ2) is 13.6. The van der Waals surface area contributed by atoms with Crippen LogP contribution < -0.4 is 15.6 Å². The van der Waals surface area contributed by atoms with Gasteiger partial charge in [-0.3, -0.25) is 9.59 Å². The van der Waals surface area contributed by atoms with Gasteiger partial charge in [-0.15, -0.1) is 0 Å². The normalized spacial score (nSPS) is 11.2. The minimum atomic E-state index is -0.608. The van der Waals surface area contributed by atoms with E-state index < -0.39 is 11.8 Å². The van der Waals surface area contributed by atoms with Gasteiger partial charge >= 0.3 is 5.97 Å². The third-order valence-corrected chi connectivity index (χ3v) is 5.91. The van der Waals surface area contributed by atoms with Crippen LogP contribution in [0.25, 0.3) is 17.4 Å². The largest absolute Gasteiger partial charge is 0.462 e. The molecule has 4 rings (SSSR count). The minimum Gasteiger partial charge on any atom is -0.462 e. The van der Waals surface area contributed by atoms with E-state index in [9.17, 15) is 14.4 Å². The summed E-state index contributed by atoms with van der Waals surface area (Å²) in [4.78, 5) is 39.7. The Bertz CT molecular complexity index is 1550. The highest BCUT2D eigenvalue weighted by atomic mass is 16.5. The van der Waals surface area contributed by atoms with E-state index in [1.165, 1.54) is 6.21 Å². The van der Waals surface area contributed by atoms with Crippen molar-refractivity contribution in [2.75, 3.05) is 25.6 Å². The van der Waals surface area contributed by atoms with Crippen LogP contribution in [0.3, 0.4) is 0 Å². The average Bonchev–Trinajstić information content (AvgIpc) is 3.46. The Morgan fingerprint density at radius 3 is 2.24 bits per heavy atom. The number of furan rings is 1. The van der Waals surface area contributed by atoms with E-state index in [4.69, 9.17) is 9.15 Å². The van der Waals surface area contributed by atoms with Gasteiger partial charge < -0.3 is 19.4 Å². The highest BCUT2D eigenvalue weighted by Gasteiger charge is 2.15. The van der Waals surface area contributed by atoms with Crippen molar-refractivity contribution < 1.29 is 23.5 Å². The van der Waals surface area contributed by atoms with E-state index in [0.717, 1.165) is 16.8 Å². The summed E-state index contributed by atoms with van der Waals surface area (Å²) < 4.78 is 10.8. The van der Waals surface area contributed by atoms with E-state index in [-0.39, 0.29) is 11.7 Å². The van der Waals surface area contributed by atoms with Crippen LogP contribution >= 0.6 is 0 Å². The first-order valence-electron chi connectivity index (χ1n) is 12.9. The van der Waals surface area contributed by atoms with Crippen molar-refractivity contribution in [1.29, 1.82) is 0 Å². The van der Waals surface area contributed by atoms with Gasteiger partial charge in [0.2, 0.25) is 0 Å². The van der Waals surface area contributed by atoms with Crippen molar-refractivity contribution in [3.05, 3.63) is 119 Å². The summed E-state index contributed by atoms with van der Waals surface area (Å²) in [7, 11) is 3.87. The number of anilines is 1. The number of nitrogens with zero attached hydrogens (tertiary/aromatic N) is 2. The van der Waals surface area contributed by atoms with Crippen molar-refractivity contribution in [3.63, 3.8) is 0 Å². The number of benzene rings is 3. The van der Waals surface area contributed by atoms with Crippen LogP contribution in [-0.4, -0.2) is 44.7 Å². The fourth-order valence-electron chi connectivity index (χ4n) is 3.75. The topological polar surface area (TPSA) is 113 Å². The lowest BCUT2D eigenvalue weighted by atomic mass is 10.1. The van der Waals surface area contributed by atoms with Crippen LogP contribution in [0.1, 0.15) is 39.0 Å². The number of hydrogen-bond donors (Lipinski definition) is 2. The molecule has 9 nitrogen and oxygen atoms in total. The van der Waals surface area contributed by atoms with E-state index >= 15 is 0 Å². The van der Waals surface area contributed by atoms with Gasteiger partial charge in [0.15, 0.2) is 0 Å². The van der Waals surface area contributed by atoms with Crippen LogP contribution in [0.5, 0.6) is 0 Å². The molecule has 0 bridgehead atoms. The predicted octanol–water partition coefficient (Wildman–Crippen LogP) is 5.11. The number of hydrazone groups is 1.